The Bertz CT molecular complexity index is 1120. The molecule has 1 N–H and O–H groups in total. The number of hydrogen-bond donors (Lipinski definition) is 1. The predicted molar refractivity (Wildman–Crippen MR) is 147 cm³/mol. The van der Waals surface area contributed by atoms with Crippen molar-refractivity contribution in [1.29, 1.82) is 0 Å². The molecule has 2 aromatic rings. The molecule has 7 nitrogen and oxygen atoms in total. The summed E-state index contributed by atoms with van der Waals surface area (Å²) in [7, 11) is -3.52. The van der Waals surface area contributed by atoms with Crippen LogP contribution < -0.4 is 9.62 Å². The number of carbonyl (C=O) groups is 2. The first-order valence-electron chi connectivity index (χ1n) is 12.3. The third-order valence-electron chi connectivity index (χ3n) is 6.09. The zero-order chi connectivity index (χ0) is 26.9. The van der Waals surface area contributed by atoms with Crippen LogP contribution in [0.2, 0.25) is 5.02 Å². The van der Waals surface area contributed by atoms with E-state index < -0.39 is 16.1 Å². The standard InChI is InChI=1S/C27H38ClN3O4S/c1-6-21(4)29-27(33)25(7-2)30(19-22-13-15-23(28)16-14-22)26(32)12-9-17-31(36(5,34)35)24-11-8-10-20(3)18-24/h8,10-11,13-16,18,21,25H,6-7,9,12,17,19H2,1-5H3,(H,29,33). The van der Waals surface area contributed by atoms with Gasteiger partial charge in [0, 0.05) is 30.6 Å². The highest BCUT2D eigenvalue weighted by Crippen LogP contribution is 2.21. The molecule has 0 spiro atoms. The van der Waals surface area contributed by atoms with E-state index in [2.05, 4.69) is 5.32 Å². The second-order valence-corrected chi connectivity index (χ2v) is 11.5. The lowest BCUT2D eigenvalue weighted by atomic mass is 10.1. The molecule has 0 saturated carbocycles. The highest BCUT2D eigenvalue weighted by atomic mass is 35.5. The zero-order valence-electron chi connectivity index (χ0n) is 21.8. The first-order chi connectivity index (χ1) is 17.0. The van der Waals surface area contributed by atoms with E-state index in [-0.39, 0.29) is 37.4 Å². The maximum Gasteiger partial charge on any atom is 0.243 e. The fourth-order valence-electron chi connectivity index (χ4n) is 3.93. The predicted octanol–water partition coefficient (Wildman–Crippen LogP) is 4.92. The van der Waals surface area contributed by atoms with Gasteiger partial charge in [0.25, 0.3) is 0 Å². The molecule has 0 heterocycles. The van der Waals surface area contributed by atoms with Gasteiger partial charge in [0.15, 0.2) is 0 Å². The van der Waals surface area contributed by atoms with Crippen LogP contribution in [0.1, 0.15) is 57.6 Å². The molecule has 0 aromatic heterocycles. The van der Waals surface area contributed by atoms with Crippen LogP contribution in [0.15, 0.2) is 48.5 Å². The summed E-state index contributed by atoms with van der Waals surface area (Å²) in [6, 6.07) is 13.8. The molecule has 0 bridgehead atoms. The van der Waals surface area contributed by atoms with Gasteiger partial charge < -0.3 is 10.2 Å². The van der Waals surface area contributed by atoms with E-state index in [0.717, 1.165) is 23.8 Å². The molecular weight excluding hydrogens is 498 g/mol. The summed E-state index contributed by atoms with van der Waals surface area (Å²) >= 11 is 6.02. The number of benzene rings is 2. The molecule has 0 aliphatic heterocycles. The van der Waals surface area contributed by atoms with Crippen LogP contribution in [0.3, 0.4) is 0 Å². The molecule has 36 heavy (non-hydrogen) atoms. The Kier molecular flexibility index (Phi) is 11.2. The number of nitrogens with one attached hydrogen (secondary N) is 1. The van der Waals surface area contributed by atoms with Crippen molar-refractivity contribution in [3.63, 3.8) is 0 Å². The van der Waals surface area contributed by atoms with Crippen LogP contribution in [0.5, 0.6) is 0 Å². The van der Waals surface area contributed by atoms with Gasteiger partial charge in [-0.2, -0.15) is 0 Å². The number of anilines is 1. The maximum atomic E-state index is 13.4. The van der Waals surface area contributed by atoms with Crippen LogP contribution in [-0.2, 0) is 26.2 Å². The number of aryl methyl sites for hydroxylation is 1. The SMILES string of the molecule is CCC(C)NC(=O)C(CC)N(Cc1ccc(Cl)cc1)C(=O)CCCN(c1cccc(C)c1)S(C)(=O)=O. The van der Waals surface area contributed by atoms with Gasteiger partial charge in [-0.25, -0.2) is 8.42 Å². The van der Waals surface area contributed by atoms with E-state index in [1.165, 1.54) is 4.31 Å². The van der Waals surface area contributed by atoms with Crippen molar-refractivity contribution in [1.82, 2.24) is 10.2 Å². The molecule has 2 amide bonds. The van der Waals surface area contributed by atoms with Gasteiger partial charge in [0.05, 0.1) is 11.9 Å². The van der Waals surface area contributed by atoms with Gasteiger partial charge in [-0.05, 0) is 68.5 Å². The van der Waals surface area contributed by atoms with E-state index in [1.54, 1.807) is 23.1 Å². The number of carbonyl (C=O) groups excluding carboxylic acids is 2. The summed E-state index contributed by atoms with van der Waals surface area (Å²) in [4.78, 5) is 28.1. The average molecular weight is 536 g/mol. The molecule has 2 rings (SSSR count). The zero-order valence-corrected chi connectivity index (χ0v) is 23.4. The highest BCUT2D eigenvalue weighted by molar-refractivity contribution is 7.92. The molecule has 0 aliphatic carbocycles. The first kappa shape index (κ1) is 29.6. The summed E-state index contributed by atoms with van der Waals surface area (Å²) in [5, 5.41) is 3.58. The lowest BCUT2D eigenvalue weighted by Crippen LogP contribution is -2.50. The fraction of sp³-hybridized carbons (Fsp3) is 0.481. The quantitative estimate of drug-likeness (QED) is 0.394. The Balaban J connectivity index is 2.22. The van der Waals surface area contributed by atoms with Crippen LogP contribution in [0, 0.1) is 6.92 Å². The topological polar surface area (TPSA) is 86.8 Å². The Morgan fingerprint density at radius 1 is 1.06 bits per heavy atom. The minimum absolute atomic E-state index is 0.00307. The van der Waals surface area contributed by atoms with Gasteiger partial charge in [0.1, 0.15) is 6.04 Å². The van der Waals surface area contributed by atoms with Crippen molar-refractivity contribution in [2.24, 2.45) is 0 Å². The Morgan fingerprint density at radius 3 is 2.28 bits per heavy atom. The van der Waals surface area contributed by atoms with Crippen molar-refractivity contribution in [2.75, 3.05) is 17.1 Å². The lowest BCUT2D eigenvalue weighted by molar-refractivity contribution is -0.141. The molecule has 2 aromatic carbocycles. The number of amides is 2. The normalized spacial score (nSPS) is 13.1. The second kappa shape index (κ2) is 13.7. The molecular formula is C27H38ClN3O4S. The smallest absolute Gasteiger partial charge is 0.243 e. The minimum Gasteiger partial charge on any atom is -0.352 e. The number of hydrogen-bond acceptors (Lipinski definition) is 4. The maximum absolute atomic E-state index is 13.4. The second-order valence-electron chi connectivity index (χ2n) is 9.17. The Morgan fingerprint density at radius 2 is 1.72 bits per heavy atom. The van der Waals surface area contributed by atoms with Gasteiger partial charge in [-0.3, -0.25) is 13.9 Å². The summed E-state index contributed by atoms with van der Waals surface area (Å²) in [6.45, 7) is 8.13. The monoisotopic (exact) mass is 535 g/mol. The molecule has 2 atom stereocenters. The highest BCUT2D eigenvalue weighted by Gasteiger charge is 2.29. The number of sulfonamides is 1. The fourth-order valence-corrected chi connectivity index (χ4v) is 5.02. The van der Waals surface area contributed by atoms with E-state index in [1.807, 2.05) is 58.0 Å². The Labute approximate surface area is 220 Å². The van der Waals surface area contributed by atoms with Crippen LogP contribution in [0.25, 0.3) is 0 Å². The summed E-state index contributed by atoms with van der Waals surface area (Å²) < 4.78 is 26.2. The van der Waals surface area contributed by atoms with Crippen molar-refractivity contribution < 1.29 is 18.0 Å². The van der Waals surface area contributed by atoms with E-state index >= 15 is 0 Å². The molecule has 0 saturated heterocycles. The molecule has 0 aliphatic rings. The van der Waals surface area contributed by atoms with Crippen LogP contribution in [-0.4, -0.2) is 50.0 Å². The largest absolute Gasteiger partial charge is 0.352 e. The van der Waals surface area contributed by atoms with E-state index in [0.29, 0.717) is 23.6 Å². The van der Waals surface area contributed by atoms with Crippen molar-refractivity contribution in [2.45, 2.75) is 72.0 Å². The van der Waals surface area contributed by atoms with Crippen molar-refractivity contribution in [3.05, 3.63) is 64.7 Å². The molecule has 2 unspecified atom stereocenters. The van der Waals surface area contributed by atoms with Crippen LogP contribution >= 0.6 is 11.6 Å². The molecule has 0 fully saturated rings. The molecule has 0 radical (unpaired) electrons. The Hall–Kier alpha value is -2.58. The average Bonchev–Trinajstić information content (AvgIpc) is 2.81. The third kappa shape index (κ3) is 8.82. The number of halogens is 1. The van der Waals surface area contributed by atoms with Crippen LogP contribution in [0.4, 0.5) is 5.69 Å². The summed E-state index contributed by atoms with van der Waals surface area (Å²) in [5.41, 5.74) is 2.38. The van der Waals surface area contributed by atoms with Crippen molar-refractivity contribution >= 4 is 39.1 Å². The minimum atomic E-state index is -3.52. The number of nitrogens with zero attached hydrogens (tertiary/aromatic N) is 2. The first-order valence-corrected chi connectivity index (χ1v) is 14.6. The molecule has 9 heteroatoms. The van der Waals surface area contributed by atoms with Gasteiger partial charge >= 0.3 is 0 Å². The number of rotatable bonds is 13. The third-order valence-corrected chi connectivity index (χ3v) is 7.54. The summed E-state index contributed by atoms with van der Waals surface area (Å²) in [6.07, 6.45) is 2.84. The van der Waals surface area contributed by atoms with E-state index in [4.69, 9.17) is 11.6 Å². The van der Waals surface area contributed by atoms with Gasteiger partial charge in [-0.1, -0.05) is 49.7 Å². The molecule has 198 valence electrons. The van der Waals surface area contributed by atoms with Gasteiger partial charge in [-0.15, -0.1) is 0 Å². The van der Waals surface area contributed by atoms with Gasteiger partial charge in [0.2, 0.25) is 21.8 Å². The van der Waals surface area contributed by atoms with Crippen molar-refractivity contribution in [3.8, 4) is 0 Å². The summed E-state index contributed by atoms with van der Waals surface area (Å²) in [5.74, 6) is -0.388. The lowest BCUT2D eigenvalue weighted by Gasteiger charge is -2.32. The van der Waals surface area contributed by atoms with E-state index in [9.17, 15) is 18.0 Å².